The molecule has 0 saturated heterocycles. The Morgan fingerprint density at radius 1 is 1.26 bits per heavy atom. The van der Waals surface area contributed by atoms with E-state index < -0.39 is 5.82 Å². The van der Waals surface area contributed by atoms with Crippen LogP contribution in [0.25, 0.3) is 10.9 Å². The van der Waals surface area contributed by atoms with Gasteiger partial charge in [0.1, 0.15) is 11.6 Å². The van der Waals surface area contributed by atoms with Crippen LogP contribution < -0.4 is 11.1 Å². The monoisotopic (exact) mass is 327 g/mol. The first-order chi connectivity index (χ1) is 11.1. The van der Waals surface area contributed by atoms with E-state index in [1.807, 2.05) is 6.07 Å². The summed E-state index contributed by atoms with van der Waals surface area (Å²) in [4.78, 5) is 8.17. The summed E-state index contributed by atoms with van der Waals surface area (Å²) in [6.45, 7) is 0.301. The molecule has 114 valence electrons. The number of halogens is 2. The molecule has 3 N–H and O–H groups in total. The average Bonchev–Trinajstić information content (AvgIpc) is 2.58. The standard InChI is InChI=1S/C16H11ClFN5/c17-13-2-1-11(4-10(13)6-20)23-16-15-12(14(18)8-22-16)3-9(5-19)7-21-15/h1-4,7-8H,6,20H2,(H,22,23). The summed E-state index contributed by atoms with van der Waals surface area (Å²) < 4.78 is 13.9. The van der Waals surface area contributed by atoms with Gasteiger partial charge in [-0.05, 0) is 29.8 Å². The highest BCUT2D eigenvalue weighted by molar-refractivity contribution is 6.31. The van der Waals surface area contributed by atoms with Gasteiger partial charge in [-0.3, -0.25) is 4.98 Å². The molecular formula is C16H11ClFN5. The van der Waals surface area contributed by atoms with Crippen LogP contribution in [-0.4, -0.2) is 9.97 Å². The van der Waals surface area contributed by atoms with Crippen LogP contribution in [0.1, 0.15) is 11.1 Å². The maximum atomic E-state index is 13.9. The summed E-state index contributed by atoms with van der Waals surface area (Å²) in [6.07, 6.45) is 2.47. The lowest BCUT2D eigenvalue weighted by atomic mass is 10.1. The Labute approximate surface area is 136 Å². The maximum absolute atomic E-state index is 13.9. The third-order valence-corrected chi connectivity index (χ3v) is 3.70. The first kappa shape index (κ1) is 15.2. The summed E-state index contributed by atoms with van der Waals surface area (Å²) in [5.74, 6) is -0.148. The van der Waals surface area contributed by atoms with Crippen molar-refractivity contribution in [3.63, 3.8) is 0 Å². The van der Waals surface area contributed by atoms with Crippen LogP contribution in [0.5, 0.6) is 0 Å². The highest BCUT2D eigenvalue weighted by atomic mass is 35.5. The molecule has 2 aromatic heterocycles. The molecule has 3 rings (SSSR count). The first-order valence-corrected chi connectivity index (χ1v) is 7.10. The number of hydrogen-bond donors (Lipinski definition) is 2. The van der Waals surface area contributed by atoms with E-state index in [9.17, 15) is 4.39 Å². The minimum Gasteiger partial charge on any atom is -0.338 e. The molecule has 2 heterocycles. The van der Waals surface area contributed by atoms with Crippen molar-refractivity contribution in [2.45, 2.75) is 6.54 Å². The Hall–Kier alpha value is -2.75. The zero-order valence-electron chi connectivity index (χ0n) is 11.8. The number of pyridine rings is 2. The molecule has 0 spiro atoms. The van der Waals surface area contributed by atoms with Gasteiger partial charge >= 0.3 is 0 Å². The Morgan fingerprint density at radius 2 is 2.09 bits per heavy atom. The summed E-state index contributed by atoms with van der Waals surface area (Å²) in [6, 6.07) is 8.66. The molecule has 0 radical (unpaired) electrons. The fraction of sp³-hybridized carbons (Fsp3) is 0.0625. The second-order valence-electron chi connectivity index (χ2n) is 4.82. The van der Waals surface area contributed by atoms with E-state index >= 15 is 0 Å². The molecule has 3 aromatic rings. The van der Waals surface area contributed by atoms with Crippen molar-refractivity contribution in [1.82, 2.24) is 9.97 Å². The van der Waals surface area contributed by atoms with Gasteiger partial charge < -0.3 is 11.1 Å². The number of aromatic nitrogens is 2. The van der Waals surface area contributed by atoms with Crippen LogP contribution in [0.2, 0.25) is 5.02 Å². The molecule has 0 aliphatic heterocycles. The number of nitrogens with two attached hydrogens (primary N) is 1. The molecule has 0 aliphatic carbocycles. The summed E-state index contributed by atoms with van der Waals surface area (Å²) in [7, 11) is 0. The largest absolute Gasteiger partial charge is 0.338 e. The van der Waals surface area contributed by atoms with Gasteiger partial charge in [0.05, 0.1) is 11.8 Å². The molecule has 0 unspecified atom stereocenters. The number of nitrogens with zero attached hydrogens (tertiary/aromatic N) is 3. The average molecular weight is 328 g/mol. The molecule has 0 atom stereocenters. The van der Waals surface area contributed by atoms with Gasteiger partial charge in [-0.1, -0.05) is 11.6 Å². The zero-order valence-corrected chi connectivity index (χ0v) is 12.6. The van der Waals surface area contributed by atoms with Gasteiger partial charge in [-0.15, -0.1) is 0 Å². The molecule has 1 aromatic carbocycles. The third-order valence-electron chi connectivity index (χ3n) is 3.33. The number of nitrogens with one attached hydrogen (secondary N) is 1. The van der Waals surface area contributed by atoms with Crippen molar-refractivity contribution in [2.75, 3.05) is 5.32 Å². The van der Waals surface area contributed by atoms with Crippen LogP contribution in [0.3, 0.4) is 0 Å². The first-order valence-electron chi connectivity index (χ1n) is 6.72. The number of benzene rings is 1. The molecule has 0 amide bonds. The molecule has 5 nitrogen and oxygen atoms in total. The lowest BCUT2D eigenvalue weighted by molar-refractivity contribution is 0.634. The Kier molecular flexibility index (Phi) is 4.06. The highest BCUT2D eigenvalue weighted by Crippen LogP contribution is 2.27. The van der Waals surface area contributed by atoms with Crippen LogP contribution in [0.15, 0.2) is 36.7 Å². The fourth-order valence-electron chi connectivity index (χ4n) is 2.19. The zero-order chi connectivity index (χ0) is 16.4. The normalized spacial score (nSPS) is 10.5. The van der Waals surface area contributed by atoms with Crippen molar-refractivity contribution in [1.29, 1.82) is 5.26 Å². The van der Waals surface area contributed by atoms with E-state index in [0.29, 0.717) is 28.6 Å². The molecule has 23 heavy (non-hydrogen) atoms. The lowest BCUT2D eigenvalue weighted by Crippen LogP contribution is -2.01. The van der Waals surface area contributed by atoms with Crippen molar-refractivity contribution < 1.29 is 4.39 Å². The maximum Gasteiger partial charge on any atom is 0.157 e. The van der Waals surface area contributed by atoms with Gasteiger partial charge in [0.2, 0.25) is 0 Å². The summed E-state index contributed by atoms with van der Waals surface area (Å²) >= 11 is 6.03. The van der Waals surface area contributed by atoms with Crippen LogP contribution in [0.4, 0.5) is 15.9 Å². The van der Waals surface area contributed by atoms with Crippen LogP contribution in [-0.2, 0) is 6.54 Å². The third kappa shape index (κ3) is 2.93. The number of anilines is 2. The molecule has 0 aliphatic rings. The Morgan fingerprint density at radius 3 is 2.83 bits per heavy atom. The van der Waals surface area contributed by atoms with E-state index in [-0.39, 0.29) is 10.9 Å². The molecule has 0 fully saturated rings. The number of fused-ring (bicyclic) bond motifs is 1. The van der Waals surface area contributed by atoms with E-state index in [2.05, 4.69) is 15.3 Å². The second-order valence-corrected chi connectivity index (χ2v) is 5.23. The van der Waals surface area contributed by atoms with E-state index in [1.54, 1.807) is 18.2 Å². The quantitative estimate of drug-likeness (QED) is 0.768. The van der Waals surface area contributed by atoms with E-state index in [0.717, 1.165) is 11.8 Å². The fourth-order valence-corrected chi connectivity index (χ4v) is 2.38. The van der Waals surface area contributed by atoms with Gasteiger partial charge in [-0.2, -0.15) is 5.26 Å². The number of rotatable bonds is 3. The predicted molar refractivity (Wildman–Crippen MR) is 86.8 cm³/mol. The molecular weight excluding hydrogens is 317 g/mol. The summed E-state index contributed by atoms with van der Waals surface area (Å²) in [5, 5.41) is 12.8. The van der Waals surface area contributed by atoms with Crippen LogP contribution in [0, 0.1) is 17.1 Å². The van der Waals surface area contributed by atoms with Crippen molar-refractivity contribution in [3.8, 4) is 6.07 Å². The van der Waals surface area contributed by atoms with Gasteiger partial charge in [-0.25, -0.2) is 9.37 Å². The number of hydrogen-bond acceptors (Lipinski definition) is 5. The molecule has 0 saturated carbocycles. The van der Waals surface area contributed by atoms with Crippen molar-refractivity contribution >= 4 is 34.0 Å². The number of nitriles is 1. The smallest absolute Gasteiger partial charge is 0.157 e. The Bertz CT molecular complexity index is 936. The van der Waals surface area contributed by atoms with Gasteiger partial charge in [0.25, 0.3) is 0 Å². The highest BCUT2D eigenvalue weighted by Gasteiger charge is 2.11. The Balaban J connectivity index is 2.07. The molecule has 7 heteroatoms. The van der Waals surface area contributed by atoms with Crippen LogP contribution >= 0.6 is 11.6 Å². The van der Waals surface area contributed by atoms with Gasteiger partial charge in [0.15, 0.2) is 11.6 Å². The second kappa shape index (κ2) is 6.16. The SMILES string of the molecule is N#Cc1cnc2c(Nc3ccc(Cl)c(CN)c3)ncc(F)c2c1. The van der Waals surface area contributed by atoms with E-state index in [4.69, 9.17) is 22.6 Å². The topological polar surface area (TPSA) is 87.6 Å². The lowest BCUT2D eigenvalue weighted by Gasteiger charge is -2.10. The van der Waals surface area contributed by atoms with Crippen molar-refractivity contribution in [3.05, 3.63) is 58.6 Å². The minimum absolute atomic E-state index is 0.231. The van der Waals surface area contributed by atoms with E-state index in [1.165, 1.54) is 12.3 Å². The summed E-state index contributed by atoms with van der Waals surface area (Å²) in [5.41, 5.74) is 7.75. The predicted octanol–water partition coefficient (Wildman–Crippen LogP) is 3.50. The minimum atomic E-state index is -0.533. The van der Waals surface area contributed by atoms with Crippen molar-refractivity contribution in [2.24, 2.45) is 5.73 Å². The molecule has 0 bridgehead atoms. The van der Waals surface area contributed by atoms with Gasteiger partial charge in [0, 0.05) is 28.8 Å².